The standard InChI is InChI=1S/C13H17NO3S/c1-4-17-13-9-10(2)14(18(3,15)16)12-8-6-5-7-11(12)13/h5-10H,4H2,1-3H3/t10-/m0/s1. The molecule has 2 rings (SSSR count). The maximum Gasteiger partial charge on any atom is 0.232 e. The molecule has 0 fully saturated rings. The van der Waals surface area contributed by atoms with Gasteiger partial charge in [0.05, 0.1) is 24.6 Å². The minimum atomic E-state index is -3.29. The molecule has 0 amide bonds. The summed E-state index contributed by atoms with van der Waals surface area (Å²) in [5, 5.41) is 0. The van der Waals surface area contributed by atoms with E-state index in [0.29, 0.717) is 12.3 Å². The van der Waals surface area contributed by atoms with Crippen LogP contribution in [0.5, 0.6) is 0 Å². The zero-order valence-corrected chi connectivity index (χ0v) is 11.6. The van der Waals surface area contributed by atoms with Gasteiger partial charge in [-0.25, -0.2) is 8.42 Å². The number of fused-ring (bicyclic) bond motifs is 1. The first kappa shape index (κ1) is 13.0. The average Bonchev–Trinajstić information content (AvgIpc) is 2.27. The summed E-state index contributed by atoms with van der Waals surface area (Å²) < 4.78 is 30.8. The van der Waals surface area contributed by atoms with E-state index in [1.165, 1.54) is 10.6 Å². The van der Waals surface area contributed by atoms with Crippen LogP contribution in [-0.2, 0) is 14.8 Å². The fraction of sp³-hybridized carbons (Fsp3) is 0.385. The lowest BCUT2D eigenvalue weighted by atomic mass is 10.0. The van der Waals surface area contributed by atoms with Crippen molar-refractivity contribution in [3.63, 3.8) is 0 Å². The van der Waals surface area contributed by atoms with E-state index in [9.17, 15) is 8.42 Å². The van der Waals surface area contributed by atoms with Gasteiger partial charge in [-0.3, -0.25) is 4.31 Å². The summed E-state index contributed by atoms with van der Waals surface area (Å²) in [6.45, 7) is 4.32. The van der Waals surface area contributed by atoms with Crippen molar-refractivity contribution in [2.24, 2.45) is 0 Å². The van der Waals surface area contributed by atoms with Crippen LogP contribution in [0.3, 0.4) is 0 Å². The molecule has 1 aromatic rings. The number of sulfonamides is 1. The summed E-state index contributed by atoms with van der Waals surface area (Å²) in [5.74, 6) is 0.750. The minimum Gasteiger partial charge on any atom is -0.493 e. The van der Waals surface area contributed by atoms with Gasteiger partial charge in [0.1, 0.15) is 5.76 Å². The fourth-order valence-electron chi connectivity index (χ4n) is 2.23. The van der Waals surface area contributed by atoms with E-state index in [-0.39, 0.29) is 6.04 Å². The van der Waals surface area contributed by atoms with Crippen LogP contribution in [0.1, 0.15) is 19.4 Å². The highest BCUT2D eigenvalue weighted by atomic mass is 32.2. The highest BCUT2D eigenvalue weighted by Gasteiger charge is 2.30. The second-order valence-corrected chi connectivity index (χ2v) is 6.14. The Morgan fingerprint density at radius 1 is 1.33 bits per heavy atom. The van der Waals surface area contributed by atoms with Crippen LogP contribution >= 0.6 is 0 Å². The smallest absolute Gasteiger partial charge is 0.232 e. The van der Waals surface area contributed by atoms with Gasteiger partial charge >= 0.3 is 0 Å². The molecule has 1 aliphatic rings. The Kier molecular flexibility index (Phi) is 3.34. The van der Waals surface area contributed by atoms with E-state index in [0.717, 1.165) is 11.3 Å². The van der Waals surface area contributed by atoms with E-state index in [4.69, 9.17) is 4.74 Å². The van der Waals surface area contributed by atoms with E-state index >= 15 is 0 Å². The lowest BCUT2D eigenvalue weighted by Crippen LogP contribution is -2.39. The van der Waals surface area contributed by atoms with Gasteiger partial charge in [-0.1, -0.05) is 12.1 Å². The maximum atomic E-state index is 11.9. The molecule has 0 unspecified atom stereocenters. The fourth-order valence-corrected chi connectivity index (χ4v) is 3.41. The zero-order valence-electron chi connectivity index (χ0n) is 10.8. The molecule has 0 saturated carbocycles. The number of hydrogen-bond acceptors (Lipinski definition) is 3. The van der Waals surface area contributed by atoms with Gasteiger partial charge < -0.3 is 4.74 Å². The predicted molar refractivity (Wildman–Crippen MR) is 72.8 cm³/mol. The molecule has 0 aliphatic carbocycles. The Hall–Kier alpha value is -1.49. The number of anilines is 1. The van der Waals surface area contributed by atoms with Crippen molar-refractivity contribution >= 4 is 21.5 Å². The summed E-state index contributed by atoms with van der Waals surface area (Å²) >= 11 is 0. The number of nitrogens with zero attached hydrogens (tertiary/aromatic N) is 1. The third-order valence-electron chi connectivity index (χ3n) is 2.83. The molecule has 1 aliphatic heterocycles. The van der Waals surface area contributed by atoms with Gasteiger partial charge in [0.15, 0.2) is 0 Å². The number of ether oxygens (including phenoxy) is 1. The third kappa shape index (κ3) is 2.22. The van der Waals surface area contributed by atoms with Crippen LogP contribution in [-0.4, -0.2) is 27.3 Å². The molecule has 1 heterocycles. The van der Waals surface area contributed by atoms with Crippen LogP contribution in [0.4, 0.5) is 5.69 Å². The lowest BCUT2D eigenvalue weighted by Gasteiger charge is -2.33. The quantitative estimate of drug-likeness (QED) is 0.843. The van der Waals surface area contributed by atoms with Gasteiger partial charge in [0, 0.05) is 5.56 Å². The summed E-state index contributed by atoms with van der Waals surface area (Å²) in [7, 11) is -3.29. The summed E-state index contributed by atoms with van der Waals surface area (Å²) in [4.78, 5) is 0. The van der Waals surface area contributed by atoms with Crippen molar-refractivity contribution in [1.82, 2.24) is 0 Å². The molecular formula is C13H17NO3S. The van der Waals surface area contributed by atoms with E-state index in [1.807, 2.05) is 38.1 Å². The molecule has 4 nitrogen and oxygen atoms in total. The highest BCUT2D eigenvalue weighted by Crippen LogP contribution is 2.35. The number of hydrogen-bond donors (Lipinski definition) is 0. The molecule has 1 atom stereocenters. The number of rotatable bonds is 3. The second-order valence-electron chi connectivity index (χ2n) is 4.28. The van der Waals surface area contributed by atoms with E-state index < -0.39 is 10.0 Å². The molecular weight excluding hydrogens is 250 g/mol. The first-order valence-corrected chi connectivity index (χ1v) is 7.73. The molecule has 0 bridgehead atoms. The molecule has 0 radical (unpaired) electrons. The predicted octanol–water partition coefficient (Wildman–Crippen LogP) is 2.23. The van der Waals surface area contributed by atoms with E-state index in [1.54, 1.807) is 6.07 Å². The largest absolute Gasteiger partial charge is 0.493 e. The van der Waals surface area contributed by atoms with E-state index in [2.05, 4.69) is 0 Å². The maximum absolute atomic E-state index is 11.9. The minimum absolute atomic E-state index is 0.239. The van der Waals surface area contributed by atoms with Crippen molar-refractivity contribution < 1.29 is 13.2 Å². The summed E-state index contributed by atoms with van der Waals surface area (Å²) in [6.07, 6.45) is 3.06. The molecule has 1 aromatic carbocycles. The van der Waals surface area contributed by atoms with Crippen molar-refractivity contribution in [2.45, 2.75) is 19.9 Å². The van der Waals surface area contributed by atoms with Crippen LogP contribution in [0.25, 0.3) is 5.76 Å². The van der Waals surface area contributed by atoms with Gasteiger partial charge in [-0.2, -0.15) is 0 Å². The topological polar surface area (TPSA) is 46.6 Å². The Morgan fingerprint density at radius 3 is 2.61 bits per heavy atom. The molecule has 98 valence electrons. The first-order valence-electron chi connectivity index (χ1n) is 5.88. The van der Waals surface area contributed by atoms with Gasteiger partial charge in [-0.15, -0.1) is 0 Å². The van der Waals surface area contributed by atoms with Crippen molar-refractivity contribution in [3.8, 4) is 0 Å². The van der Waals surface area contributed by atoms with Crippen LogP contribution in [0, 0.1) is 0 Å². The Labute approximate surface area is 108 Å². The van der Waals surface area contributed by atoms with Crippen molar-refractivity contribution in [3.05, 3.63) is 35.9 Å². The molecule has 0 saturated heterocycles. The van der Waals surface area contributed by atoms with Crippen LogP contribution < -0.4 is 4.31 Å². The summed E-state index contributed by atoms with van der Waals surface area (Å²) in [5.41, 5.74) is 1.50. The Morgan fingerprint density at radius 2 is 2.00 bits per heavy atom. The zero-order chi connectivity index (χ0) is 13.3. The highest BCUT2D eigenvalue weighted by molar-refractivity contribution is 7.92. The normalized spacial score (nSPS) is 19.2. The lowest BCUT2D eigenvalue weighted by molar-refractivity contribution is 0.296. The average molecular weight is 267 g/mol. The van der Waals surface area contributed by atoms with Gasteiger partial charge in [-0.05, 0) is 32.1 Å². The molecule has 0 N–H and O–H groups in total. The van der Waals surface area contributed by atoms with Crippen molar-refractivity contribution in [1.29, 1.82) is 0 Å². The number of benzene rings is 1. The second kappa shape index (κ2) is 4.65. The number of para-hydroxylation sites is 1. The Balaban J connectivity index is 2.59. The molecule has 18 heavy (non-hydrogen) atoms. The summed E-state index contributed by atoms with van der Waals surface area (Å²) in [6, 6.07) is 7.15. The van der Waals surface area contributed by atoms with Crippen LogP contribution in [0.15, 0.2) is 30.3 Å². The first-order chi connectivity index (χ1) is 8.45. The molecule has 5 heteroatoms. The van der Waals surface area contributed by atoms with Crippen molar-refractivity contribution in [2.75, 3.05) is 17.2 Å². The molecule has 0 aromatic heterocycles. The monoisotopic (exact) mass is 267 g/mol. The Bertz CT molecular complexity index is 578. The third-order valence-corrected chi connectivity index (χ3v) is 4.07. The SMILES string of the molecule is CCOC1=C[C@H](C)N(S(C)(=O)=O)c2ccccc21. The van der Waals surface area contributed by atoms with Crippen LogP contribution in [0.2, 0.25) is 0 Å². The van der Waals surface area contributed by atoms with Gasteiger partial charge in [0.2, 0.25) is 10.0 Å². The van der Waals surface area contributed by atoms with Gasteiger partial charge in [0.25, 0.3) is 0 Å². The molecule has 0 spiro atoms.